The fourth-order valence-corrected chi connectivity index (χ4v) is 1.48. The van der Waals surface area contributed by atoms with Crippen LogP contribution in [0.4, 0.5) is 11.6 Å². The van der Waals surface area contributed by atoms with Crippen molar-refractivity contribution < 1.29 is 14.7 Å². The molecule has 8 heteroatoms. The summed E-state index contributed by atoms with van der Waals surface area (Å²) in [6.07, 6.45) is 2.84. The maximum Gasteiger partial charge on any atom is 0.316 e. The fourth-order valence-electron chi connectivity index (χ4n) is 1.31. The van der Waals surface area contributed by atoms with Gasteiger partial charge in [0, 0.05) is 17.4 Å². The van der Waals surface area contributed by atoms with Crippen LogP contribution in [0.2, 0.25) is 5.02 Å². The first-order valence-corrected chi connectivity index (χ1v) is 5.82. The maximum absolute atomic E-state index is 11.6. The van der Waals surface area contributed by atoms with E-state index in [2.05, 4.69) is 20.6 Å². The minimum atomic E-state index is -0.977. The molecule has 0 unspecified atom stereocenters. The summed E-state index contributed by atoms with van der Waals surface area (Å²) in [5.41, 5.74) is 0.0339. The van der Waals surface area contributed by atoms with Crippen molar-refractivity contribution in [1.29, 1.82) is 0 Å². The number of phenolic OH excluding ortho intramolecular Hbond substituents is 1. The highest BCUT2D eigenvalue weighted by Crippen LogP contribution is 2.26. The highest BCUT2D eigenvalue weighted by Gasteiger charge is 2.16. The molecule has 1 heterocycles. The highest BCUT2D eigenvalue weighted by molar-refractivity contribution is 6.43. The van der Waals surface area contributed by atoms with Crippen molar-refractivity contribution in [2.45, 2.75) is 0 Å². The van der Waals surface area contributed by atoms with Gasteiger partial charge < -0.3 is 10.4 Å². The number of hydrogen-bond donors (Lipinski definition) is 3. The predicted octanol–water partition coefficient (Wildman–Crippen LogP) is 1.41. The number of phenols is 1. The molecular formula is C12H9ClN4O3. The van der Waals surface area contributed by atoms with Gasteiger partial charge in [-0.1, -0.05) is 11.6 Å². The molecule has 0 aliphatic heterocycles. The molecule has 7 nitrogen and oxygen atoms in total. The zero-order valence-corrected chi connectivity index (χ0v) is 10.8. The summed E-state index contributed by atoms with van der Waals surface area (Å²) >= 11 is 5.73. The third-order valence-corrected chi connectivity index (χ3v) is 2.44. The molecule has 2 amide bonds. The molecule has 2 aromatic rings. The number of nitrogens with one attached hydrogen (secondary N) is 2. The van der Waals surface area contributed by atoms with E-state index in [9.17, 15) is 14.7 Å². The summed E-state index contributed by atoms with van der Waals surface area (Å²) in [7, 11) is 0. The first-order chi connectivity index (χ1) is 9.56. The Labute approximate surface area is 118 Å². The number of benzene rings is 1. The first kappa shape index (κ1) is 13.8. The van der Waals surface area contributed by atoms with Crippen LogP contribution in [-0.4, -0.2) is 26.9 Å². The fraction of sp³-hybridized carbons (Fsp3) is 0. The lowest BCUT2D eigenvalue weighted by molar-refractivity contribution is -0.133. The van der Waals surface area contributed by atoms with Crippen molar-refractivity contribution in [3.8, 4) is 5.75 Å². The number of nitrogens with zero attached hydrogens (tertiary/aromatic N) is 2. The van der Waals surface area contributed by atoms with E-state index < -0.39 is 11.8 Å². The average Bonchev–Trinajstić information content (AvgIpc) is 2.44. The van der Waals surface area contributed by atoms with E-state index in [0.717, 1.165) is 0 Å². The summed E-state index contributed by atoms with van der Waals surface area (Å²) in [6, 6.07) is 5.64. The van der Waals surface area contributed by atoms with Gasteiger partial charge >= 0.3 is 11.8 Å². The van der Waals surface area contributed by atoms with Gasteiger partial charge in [0.1, 0.15) is 5.75 Å². The van der Waals surface area contributed by atoms with E-state index in [4.69, 9.17) is 11.6 Å². The predicted molar refractivity (Wildman–Crippen MR) is 72.4 cm³/mol. The number of anilines is 2. The molecule has 0 radical (unpaired) electrons. The van der Waals surface area contributed by atoms with Gasteiger partial charge in [0.25, 0.3) is 0 Å². The summed E-state index contributed by atoms with van der Waals surface area (Å²) < 4.78 is 0. The van der Waals surface area contributed by atoms with Crippen LogP contribution in [0.15, 0.2) is 36.7 Å². The number of halogens is 1. The molecule has 3 N–H and O–H groups in total. The van der Waals surface area contributed by atoms with Crippen molar-refractivity contribution in [2.24, 2.45) is 0 Å². The number of carbonyl (C=O) groups excluding carboxylic acids is 2. The van der Waals surface area contributed by atoms with Crippen LogP contribution in [-0.2, 0) is 9.59 Å². The van der Waals surface area contributed by atoms with Crippen molar-refractivity contribution >= 4 is 35.1 Å². The van der Waals surface area contributed by atoms with E-state index in [1.807, 2.05) is 0 Å². The Morgan fingerprint density at radius 2 is 1.75 bits per heavy atom. The van der Waals surface area contributed by atoms with Gasteiger partial charge in [0.15, 0.2) is 0 Å². The van der Waals surface area contributed by atoms with Gasteiger partial charge in [-0.25, -0.2) is 9.97 Å². The molecule has 0 saturated carbocycles. The zero-order chi connectivity index (χ0) is 14.5. The molecule has 0 atom stereocenters. The van der Waals surface area contributed by atoms with Crippen LogP contribution in [0.3, 0.4) is 0 Å². The quantitative estimate of drug-likeness (QED) is 0.573. The number of rotatable bonds is 2. The van der Waals surface area contributed by atoms with Crippen molar-refractivity contribution in [1.82, 2.24) is 9.97 Å². The van der Waals surface area contributed by atoms with Gasteiger partial charge in [-0.05, 0) is 24.3 Å². The highest BCUT2D eigenvalue weighted by atomic mass is 35.5. The van der Waals surface area contributed by atoms with Gasteiger partial charge in [0.2, 0.25) is 5.95 Å². The smallest absolute Gasteiger partial charge is 0.316 e. The molecule has 20 heavy (non-hydrogen) atoms. The van der Waals surface area contributed by atoms with Crippen LogP contribution < -0.4 is 10.6 Å². The van der Waals surface area contributed by atoms with Gasteiger partial charge in [0.05, 0.1) is 5.69 Å². The molecule has 0 aliphatic carbocycles. The van der Waals surface area contributed by atoms with Crippen LogP contribution >= 0.6 is 11.6 Å². The second-order valence-electron chi connectivity index (χ2n) is 3.64. The summed E-state index contributed by atoms with van der Waals surface area (Å²) in [5.74, 6) is -2.14. The van der Waals surface area contributed by atoms with Gasteiger partial charge in [-0.2, -0.15) is 0 Å². The molecule has 2 rings (SSSR count). The average molecular weight is 293 g/mol. The van der Waals surface area contributed by atoms with E-state index in [-0.39, 0.29) is 17.4 Å². The largest absolute Gasteiger partial charge is 0.506 e. The maximum atomic E-state index is 11.6. The Bertz CT molecular complexity index is 648. The Balaban J connectivity index is 2.04. The van der Waals surface area contributed by atoms with Crippen LogP contribution in [0, 0.1) is 0 Å². The third kappa shape index (κ3) is 3.42. The number of carbonyl (C=O) groups is 2. The second-order valence-corrected chi connectivity index (χ2v) is 4.08. The third-order valence-electron chi connectivity index (χ3n) is 2.20. The molecule has 1 aromatic carbocycles. The molecule has 1 aromatic heterocycles. The standard InChI is InChI=1S/C12H9ClN4O3/c13-7-2-3-9(18)8(6-7)16-10(19)11(20)17-12-14-4-1-5-15-12/h1-6,18H,(H,16,19)(H,14,15,17,20). The Kier molecular flexibility index (Phi) is 4.11. The van der Waals surface area contributed by atoms with Crippen LogP contribution in [0.1, 0.15) is 0 Å². The van der Waals surface area contributed by atoms with Crippen molar-refractivity contribution in [3.63, 3.8) is 0 Å². The van der Waals surface area contributed by atoms with Crippen LogP contribution in [0.25, 0.3) is 0 Å². The lowest BCUT2D eigenvalue weighted by Gasteiger charge is -2.07. The molecule has 0 aliphatic rings. The Morgan fingerprint density at radius 3 is 2.45 bits per heavy atom. The first-order valence-electron chi connectivity index (χ1n) is 5.44. The SMILES string of the molecule is O=C(Nc1ncccn1)C(=O)Nc1cc(Cl)ccc1O. The summed E-state index contributed by atoms with van der Waals surface area (Å²) in [4.78, 5) is 30.7. The van der Waals surface area contributed by atoms with E-state index >= 15 is 0 Å². The topological polar surface area (TPSA) is 104 Å². The minimum Gasteiger partial charge on any atom is -0.506 e. The summed E-state index contributed by atoms with van der Waals surface area (Å²) in [6.45, 7) is 0. The van der Waals surface area contributed by atoms with Gasteiger partial charge in [-0.15, -0.1) is 0 Å². The normalized spacial score (nSPS) is 9.85. The number of aromatic hydroxyl groups is 1. The molecule has 0 saturated heterocycles. The van der Waals surface area contributed by atoms with E-state index in [0.29, 0.717) is 5.02 Å². The Morgan fingerprint density at radius 1 is 1.10 bits per heavy atom. The molecule has 0 fully saturated rings. The van der Waals surface area contributed by atoms with E-state index in [1.54, 1.807) is 6.07 Å². The lowest BCUT2D eigenvalue weighted by atomic mass is 10.3. The molecular weight excluding hydrogens is 284 g/mol. The number of hydrogen-bond acceptors (Lipinski definition) is 5. The zero-order valence-electron chi connectivity index (χ0n) is 10.0. The number of amides is 2. The molecule has 0 spiro atoms. The van der Waals surface area contributed by atoms with Crippen molar-refractivity contribution in [3.05, 3.63) is 41.7 Å². The molecule has 102 valence electrons. The minimum absolute atomic E-state index is 0.00275. The second kappa shape index (κ2) is 5.98. The summed E-state index contributed by atoms with van der Waals surface area (Å²) in [5, 5.41) is 14.3. The number of aromatic nitrogens is 2. The van der Waals surface area contributed by atoms with Crippen LogP contribution in [0.5, 0.6) is 5.75 Å². The van der Waals surface area contributed by atoms with Gasteiger partial charge in [-0.3, -0.25) is 14.9 Å². The lowest BCUT2D eigenvalue weighted by Crippen LogP contribution is -2.29. The Hall–Kier alpha value is -2.67. The monoisotopic (exact) mass is 292 g/mol. The van der Waals surface area contributed by atoms with E-state index in [1.165, 1.54) is 30.6 Å². The molecule has 0 bridgehead atoms. The van der Waals surface area contributed by atoms with Crippen molar-refractivity contribution in [2.75, 3.05) is 10.6 Å².